The first-order chi connectivity index (χ1) is 7.64. The predicted octanol–water partition coefficient (Wildman–Crippen LogP) is -1.43. The summed E-state index contributed by atoms with van der Waals surface area (Å²) in [6, 6.07) is 0. The molecule has 0 saturated carbocycles. The summed E-state index contributed by atoms with van der Waals surface area (Å²) in [6.45, 7) is -0.843. The molecule has 0 aliphatic heterocycles. The third-order valence-electron chi connectivity index (χ3n) is 1.51. The molecule has 0 aliphatic rings. The molecule has 0 aromatic rings. The van der Waals surface area contributed by atoms with E-state index in [4.69, 9.17) is 58.2 Å². The number of rotatable bonds is 5. The Hall–Kier alpha value is 0.880. The average molecular weight is 499 g/mol. The van der Waals surface area contributed by atoms with Gasteiger partial charge in [0.25, 0.3) is 0 Å². The van der Waals surface area contributed by atoms with Gasteiger partial charge in [0.1, 0.15) is 18.3 Å². The zero-order chi connectivity index (χ0) is 14.2. The summed E-state index contributed by atoms with van der Waals surface area (Å²) in [4.78, 5) is 10.1. The fourth-order valence-corrected chi connectivity index (χ4v) is 0.668. The fourth-order valence-electron chi connectivity index (χ4n) is 0.668. The van der Waals surface area contributed by atoms with E-state index in [0.29, 0.717) is 0 Å². The second-order valence-electron chi connectivity index (χ2n) is 2.64. The zero-order valence-electron chi connectivity index (χ0n) is 8.04. The molecule has 0 saturated heterocycles. The van der Waals surface area contributed by atoms with Crippen molar-refractivity contribution in [3.63, 3.8) is 0 Å². The molecule has 0 fully saturated rings. The minimum atomic E-state index is -2.20. The average Bonchev–Trinajstić information content (AvgIpc) is 2.23. The van der Waals surface area contributed by atoms with Crippen molar-refractivity contribution in [2.45, 2.75) is 24.4 Å². The number of aliphatic hydroxyl groups is 5. The summed E-state index contributed by atoms with van der Waals surface area (Å²) >= 11 is -1.79. The van der Waals surface area contributed by atoms with Crippen molar-refractivity contribution in [2.24, 2.45) is 0 Å². The van der Waals surface area contributed by atoms with Crippen LogP contribution in [0.15, 0.2) is 0 Å². The predicted molar refractivity (Wildman–Crippen MR) is 56.3 cm³/mol. The quantitative estimate of drug-likeness (QED) is 0.255. The van der Waals surface area contributed by atoms with Gasteiger partial charge in [0.2, 0.25) is 0 Å². The van der Waals surface area contributed by atoms with Crippen LogP contribution < -0.4 is 0 Å². The topological polar surface area (TPSA) is 138 Å². The van der Waals surface area contributed by atoms with Crippen LogP contribution >= 0.6 is 27.6 Å². The van der Waals surface area contributed by atoms with Gasteiger partial charge in [-0.15, -0.1) is 0 Å². The molecular formula is C6H12AuCl3O7. The molecule has 17 heavy (non-hydrogen) atoms. The first kappa shape index (κ1) is 20.2. The van der Waals surface area contributed by atoms with Crippen LogP contribution in [0, 0.1) is 0 Å². The van der Waals surface area contributed by atoms with Gasteiger partial charge in [0.15, 0.2) is 6.10 Å². The number of hydrogen-bond donors (Lipinski definition) is 6. The molecule has 0 aromatic carbocycles. The number of carboxylic acids is 1. The first-order valence-electron chi connectivity index (χ1n) is 3.82. The number of halogens is 3. The van der Waals surface area contributed by atoms with Crippen molar-refractivity contribution in [1.29, 1.82) is 0 Å². The molecule has 4 atom stereocenters. The molecule has 6 N–H and O–H groups in total. The van der Waals surface area contributed by atoms with Crippen LogP contribution in [0.4, 0.5) is 0 Å². The van der Waals surface area contributed by atoms with Gasteiger partial charge in [-0.05, 0) is 0 Å². The molecule has 0 aromatic heterocycles. The normalized spacial score (nSPS) is 18.2. The molecule has 7 nitrogen and oxygen atoms in total. The second-order valence-corrected chi connectivity index (χ2v) is 12.0. The van der Waals surface area contributed by atoms with E-state index in [1.54, 1.807) is 0 Å². The Kier molecular flexibility index (Phi) is 12.8. The maximum absolute atomic E-state index is 10.1. The number of hydrogen-bond acceptors (Lipinski definition) is 6. The van der Waals surface area contributed by atoms with Gasteiger partial charge in [-0.1, -0.05) is 0 Å². The van der Waals surface area contributed by atoms with Crippen LogP contribution in [0.25, 0.3) is 0 Å². The summed E-state index contributed by atoms with van der Waals surface area (Å²) in [6.07, 6.45) is -7.84. The Balaban J connectivity index is 0. The maximum atomic E-state index is 10.1. The van der Waals surface area contributed by atoms with E-state index in [-0.39, 0.29) is 0 Å². The Labute approximate surface area is 115 Å². The molecule has 110 valence electrons. The second kappa shape index (κ2) is 10.8. The van der Waals surface area contributed by atoms with E-state index in [9.17, 15) is 4.79 Å². The van der Waals surface area contributed by atoms with Crippen molar-refractivity contribution in [1.82, 2.24) is 0 Å². The standard InChI is InChI=1S/C6H12O7.Au.3ClH/c7-1-2(8)3(9)4(10)5(11)6(12)13;;;;/h2-5,7-11H,1H2,(H,12,13);;3*1H/q;+3;;;/p-3. The van der Waals surface area contributed by atoms with Crippen LogP contribution in [0.1, 0.15) is 0 Å². The molecule has 4 unspecified atom stereocenters. The third-order valence-corrected chi connectivity index (χ3v) is 1.51. The van der Waals surface area contributed by atoms with E-state index in [0.717, 1.165) is 0 Å². The summed E-state index contributed by atoms with van der Waals surface area (Å²) in [5, 5.41) is 51.8. The summed E-state index contributed by atoms with van der Waals surface area (Å²) in [5.41, 5.74) is 0. The van der Waals surface area contributed by atoms with E-state index >= 15 is 0 Å². The molecule has 0 spiro atoms. The van der Waals surface area contributed by atoms with Crippen LogP contribution in [0.2, 0.25) is 0 Å². The number of carbonyl (C=O) groups is 1. The van der Waals surface area contributed by atoms with Crippen LogP contribution in [0.5, 0.6) is 0 Å². The molecule has 11 heteroatoms. The van der Waals surface area contributed by atoms with Crippen molar-refractivity contribution in [3.8, 4) is 0 Å². The van der Waals surface area contributed by atoms with E-state index in [1.165, 1.54) is 0 Å². The van der Waals surface area contributed by atoms with Crippen LogP contribution in [-0.4, -0.2) is 67.6 Å². The minimum absolute atomic E-state index is 0.843. The van der Waals surface area contributed by atoms with Crippen LogP contribution in [-0.2, 0) is 20.0 Å². The van der Waals surface area contributed by atoms with Gasteiger partial charge in [-0.25, -0.2) is 4.79 Å². The number of aliphatic carboxylic acids is 1. The Morgan fingerprint density at radius 1 is 1.06 bits per heavy atom. The molecule has 0 bridgehead atoms. The Bertz CT molecular complexity index is 217. The fraction of sp³-hybridized carbons (Fsp3) is 0.833. The van der Waals surface area contributed by atoms with Crippen LogP contribution in [0.3, 0.4) is 0 Å². The molecule has 0 amide bonds. The van der Waals surface area contributed by atoms with E-state index < -0.39 is 52.2 Å². The number of aliphatic hydroxyl groups excluding tert-OH is 5. The van der Waals surface area contributed by atoms with Gasteiger partial charge in [0.05, 0.1) is 6.61 Å². The number of carboxylic acid groups (broad SMARTS) is 1. The van der Waals surface area contributed by atoms with Crippen molar-refractivity contribution in [3.05, 3.63) is 0 Å². The van der Waals surface area contributed by atoms with Gasteiger partial charge in [0, 0.05) is 0 Å². The molecule has 0 heterocycles. The van der Waals surface area contributed by atoms with E-state index in [2.05, 4.69) is 0 Å². The summed E-state index contributed by atoms with van der Waals surface area (Å²) < 4.78 is 0. The third kappa shape index (κ3) is 10.5. The van der Waals surface area contributed by atoms with Crippen molar-refractivity contribution >= 4 is 33.5 Å². The first-order valence-corrected chi connectivity index (χ1v) is 11.9. The summed E-state index contributed by atoms with van der Waals surface area (Å²) in [7, 11) is 14.9. The SMILES string of the molecule is O=C(O)C(O)C(O)C(O)C(O)CO.[Cl][Au]([Cl])[Cl]. The molecule has 0 radical (unpaired) electrons. The molecule has 0 rings (SSSR count). The Morgan fingerprint density at radius 3 is 1.65 bits per heavy atom. The zero-order valence-corrected chi connectivity index (χ0v) is 12.5. The van der Waals surface area contributed by atoms with Gasteiger partial charge >= 0.3 is 48.7 Å². The monoisotopic (exact) mass is 498 g/mol. The van der Waals surface area contributed by atoms with Gasteiger partial charge in [-0.3, -0.25) is 0 Å². The molecule has 0 aliphatic carbocycles. The van der Waals surface area contributed by atoms with Crippen molar-refractivity contribution in [2.75, 3.05) is 6.61 Å². The van der Waals surface area contributed by atoms with Gasteiger partial charge < -0.3 is 30.6 Å². The molecular weight excluding hydrogens is 487 g/mol. The van der Waals surface area contributed by atoms with E-state index in [1.807, 2.05) is 0 Å². The van der Waals surface area contributed by atoms with Crippen molar-refractivity contribution < 1.29 is 50.6 Å². The van der Waals surface area contributed by atoms with Gasteiger partial charge in [-0.2, -0.15) is 0 Å². The Morgan fingerprint density at radius 2 is 1.41 bits per heavy atom. The summed E-state index contributed by atoms with van der Waals surface area (Å²) in [5.74, 6) is -1.73.